The molecule has 1 aromatic rings. The predicted octanol–water partition coefficient (Wildman–Crippen LogP) is 2.39. The maximum absolute atomic E-state index is 12.2. The van der Waals surface area contributed by atoms with Crippen molar-refractivity contribution in [3.8, 4) is 0 Å². The largest absolute Gasteiger partial charge is 0.481 e. The number of carboxylic acid groups (broad SMARTS) is 1. The monoisotopic (exact) mass is 293 g/mol. The first-order valence-corrected chi connectivity index (χ1v) is 7.92. The highest BCUT2D eigenvalue weighted by atomic mass is 32.2. The summed E-state index contributed by atoms with van der Waals surface area (Å²) in [6.45, 7) is 0.547. The molecule has 1 aromatic carbocycles. The van der Waals surface area contributed by atoms with Crippen LogP contribution in [-0.2, 0) is 16.0 Å². The van der Waals surface area contributed by atoms with Gasteiger partial charge in [-0.1, -0.05) is 24.3 Å². The quantitative estimate of drug-likeness (QED) is 0.790. The molecule has 1 aliphatic rings. The lowest BCUT2D eigenvalue weighted by molar-refractivity contribution is -0.137. The van der Waals surface area contributed by atoms with Crippen LogP contribution in [0.3, 0.4) is 0 Å². The van der Waals surface area contributed by atoms with Crippen molar-refractivity contribution in [2.75, 3.05) is 12.3 Å². The third kappa shape index (κ3) is 4.00. The van der Waals surface area contributed by atoms with Gasteiger partial charge in [-0.05, 0) is 36.1 Å². The second-order valence-electron chi connectivity index (χ2n) is 4.84. The minimum Gasteiger partial charge on any atom is -0.481 e. The fourth-order valence-electron chi connectivity index (χ4n) is 2.32. The Bertz CT molecular complexity index is 490. The maximum Gasteiger partial charge on any atom is 0.303 e. The van der Waals surface area contributed by atoms with Crippen LogP contribution < -0.4 is 5.32 Å². The smallest absolute Gasteiger partial charge is 0.303 e. The summed E-state index contributed by atoms with van der Waals surface area (Å²) in [6.07, 6.45) is 2.49. The van der Waals surface area contributed by atoms with Crippen LogP contribution in [0.2, 0.25) is 0 Å². The topological polar surface area (TPSA) is 66.4 Å². The number of aryl methyl sites for hydroxylation is 1. The summed E-state index contributed by atoms with van der Waals surface area (Å²) in [7, 11) is 0. The molecule has 5 heteroatoms. The van der Waals surface area contributed by atoms with Crippen LogP contribution in [0.5, 0.6) is 0 Å². The third-order valence-electron chi connectivity index (χ3n) is 3.35. The number of aliphatic carboxylic acids is 1. The summed E-state index contributed by atoms with van der Waals surface area (Å²) >= 11 is 1.68. The minimum absolute atomic E-state index is 0.0393. The number of amides is 1. The van der Waals surface area contributed by atoms with Crippen molar-refractivity contribution in [1.29, 1.82) is 0 Å². The molecule has 1 unspecified atom stereocenters. The van der Waals surface area contributed by atoms with Crippen molar-refractivity contribution in [3.63, 3.8) is 0 Å². The molecule has 0 saturated carbocycles. The standard InChI is InChI=1S/C15H19NO3S/c17-13(18)7-3-4-9-16-15(19)14-12-6-2-1-5-11(12)8-10-20-14/h1-2,5-6,14H,3-4,7-10H2,(H,16,19)(H,17,18). The first-order chi connectivity index (χ1) is 9.68. The zero-order valence-corrected chi connectivity index (χ0v) is 12.1. The molecule has 1 amide bonds. The molecule has 0 aromatic heterocycles. The van der Waals surface area contributed by atoms with E-state index in [9.17, 15) is 9.59 Å². The molecule has 0 fully saturated rings. The van der Waals surface area contributed by atoms with E-state index in [0.717, 1.165) is 17.7 Å². The van der Waals surface area contributed by atoms with Gasteiger partial charge in [0.25, 0.3) is 0 Å². The van der Waals surface area contributed by atoms with E-state index in [1.165, 1.54) is 5.56 Å². The third-order valence-corrected chi connectivity index (χ3v) is 4.59. The molecule has 2 N–H and O–H groups in total. The number of rotatable bonds is 6. The highest BCUT2D eigenvalue weighted by Gasteiger charge is 2.26. The van der Waals surface area contributed by atoms with Gasteiger partial charge in [0, 0.05) is 13.0 Å². The second kappa shape index (κ2) is 7.33. The highest BCUT2D eigenvalue weighted by molar-refractivity contribution is 8.00. The highest BCUT2D eigenvalue weighted by Crippen LogP contribution is 2.36. The van der Waals surface area contributed by atoms with Crippen LogP contribution >= 0.6 is 11.8 Å². The average molecular weight is 293 g/mol. The van der Waals surface area contributed by atoms with E-state index in [-0.39, 0.29) is 17.6 Å². The zero-order valence-electron chi connectivity index (χ0n) is 11.3. The zero-order chi connectivity index (χ0) is 14.4. The molecule has 0 spiro atoms. The summed E-state index contributed by atoms with van der Waals surface area (Å²) in [5.74, 6) is 0.222. The normalized spacial score (nSPS) is 17.3. The SMILES string of the molecule is O=C(O)CCCCNC(=O)C1SCCc2ccccc21. The number of hydrogen-bond acceptors (Lipinski definition) is 3. The van der Waals surface area contributed by atoms with Crippen LogP contribution in [-0.4, -0.2) is 29.3 Å². The van der Waals surface area contributed by atoms with Gasteiger partial charge in [0.15, 0.2) is 0 Å². The number of carbonyl (C=O) groups excluding carboxylic acids is 1. The number of fused-ring (bicyclic) bond motifs is 1. The van der Waals surface area contributed by atoms with E-state index in [1.807, 2.05) is 18.2 Å². The van der Waals surface area contributed by atoms with Gasteiger partial charge in [-0.3, -0.25) is 9.59 Å². The van der Waals surface area contributed by atoms with Gasteiger partial charge in [0.2, 0.25) is 5.91 Å². The van der Waals surface area contributed by atoms with Crippen LogP contribution in [0.4, 0.5) is 0 Å². The number of carboxylic acids is 1. The average Bonchev–Trinajstić information content (AvgIpc) is 2.45. The predicted molar refractivity (Wildman–Crippen MR) is 79.8 cm³/mol. The molecule has 0 saturated heterocycles. The number of unbranched alkanes of at least 4 members (excludes halogenated alkanes) is 1. The van der Waals surface area contributed by atoms with Gasteiger partial charge in [0.05, 0.1) is 0 Å². The van der Waals surface area contributed by atoms with Gasteiger partial charge in [0.1, 0.15) is 5.25 Å². The van der Waals surface area contributed by atoms with Gasteiger partial charge in [-0.2, -0.15) is 0 Å². The summed E-state index contributed by atoms with van der Waals surface area (Å²) < 4.78 is 0. The summed E-state index contributed by atoms with van der Waals surface area (Å²) in [5, 5.41) is 11.3. The van der Waals surface area contributed by atoms with Crippen molar-refractivity contribution in [2.45, 2.75) is 30.9 Å². The van der Waals surface area contributed by atoms with Crippen LogP contribution in [0.15, 0.2) is 24.3 Å². The van der Waals surface area contributed by atoms with Crippen LogP contribution in [0.25, 0.3) is 0 Å². The lowest BCUT2D eigenvalue weighted by Crippen LogP contribution is -2.30. The van der Waals surface area contributed by atoms with Crippen molar-refractivity contribution in [2.24, 2.45) is 0 Å². The Kier molecular flexibility index (Phi) is 5.47. The summed E-state index contributed by atoms with van der Waals surface area (Å²) in [4.78, 5) is 22.6. The van der Waals surface area contributed by atoms with E-state index >= 15 is 0 Å². The first kappa shape index (κ1) is 14.9. The van der Waals surface area contributed by atoms with Crippen molar-refractivity contribution >= 4 is 23.6 Å². The van der Waals surface area contributed by atoms with Crippen LogP contribution in [0, 0.1) is 0 Å². The Hall–Kier alpha value is -1.49. The van der Waals surface area contributed by atoms with E-state index in [0.29, 0.717) is 19.4 Å². The van der Waals surface area contributed by atoms with E-state index in [4.69, 9.17) is 5.11 Å². The molecule has 4 nitrogen and oxygen atoms in total. The van der Waals surface area contributed by atoms with Gasteiger partial charge in [-0.15, -0.1) is 11.8 Å². The molecule has 108 valence electrons. The molecule has 2 rings (SSSR count). The number of benzene rings is 1. The number of carbonyl (C=O) groups is 2. The fraction of sp³-hybridized carbons (Fsp3) is 0.467. The number of thioether (sulfide) groups is 1. The molecule has 1 heterocycles. The Labute approximate surface area is 123 Å². The van der Waals surface area contributed by atoms with Gasteiger partial charge < -0.3 is 10.4 Å². The molecular formula is C15H19NO3S. The van der Waals surface area contributed by atoms with Crippen molar-refractivity contribution in [1.82, 2.24) is 5.32 Å². The number of hydrogen-bond donors (Lipinski definition) is 2. The van der Waals surface area contributed by atoms with Crippen LogP contribution in [0.1, 0.15) is 35.6 Å². The Morgan fingerprint density at radius 1 is 1.30 bits per heavy atom. The summed E-state index contributed by atoms with van der Waals surface area (Å²) in [6, 6.07) is 8.09. The molecule has 1 aliphatic heterocycles. The lowest BCUT2D eigenvalue weighted by atomic mass is 10.0. The van der Waals surface area contributed by atoms with Gasteiger partial charge >= 0.3 is 5.97 Å². The van der Waals surface area contributed by atoms with E-state index in [1.54, 1.807) is 11.8 Å². The second-order valence-corrected chi connectivity index (χ2v) is 6.05. The molecule has 0 radical (unpaired) electrons. The fourth-order valence-corrected chi connectivity index (χ4v) is 3.53. The van der Waals surface area contributed by atoms with E-state index < -0.39 is 5.97 Å². The molecule has 0 aliphatic carbocycles. The summed E-state index contributed by atoms with van der Waals surface area (Å²) in [5.41, 5.74) is 2.38. The lowest BCUT2D eigenvalue weighted by Gasteiger charge is -2.24. The molecule has 1 atom stereocenters. The Balaban J connectivity index is 1.83. The molecule has 20 heavy (non-hydrogen) atoms. The Morgan fingerprint density at radius 3 is 2.90 bits per heavy atom. The number of nitrogens with one attached hydrogen (secondary N) is 1. The maximum atomic E-state index is 12.2. The van der Waals surface area contributed by atoms with Crippen molar-refractivity contribution in [3.05, 3.63) is 35.4 Å². The Morgan fingerprint density at radius 2 is 2.10 bits per heavy atom. The first-order valence-electron chi connectivity index (χ1n) is 6.87. The van der Waals surface area contributed by atoms with E-state index in [2.05, 4.69) is 11.4 Å². The van der Waals surface area contributed by atoms with Gasteiger partial charge in [-0.25, -0.2) is 0 Å². The molecule has 0 bridgehead atoms. The minimum atomic E-state index is -0.784. The van der Waals surface area contributed by atoms with Crippen molar-refractivity contribution < 1.29 is 14.7 Å². The molecular weight excluding hydrogens is 274 g/mol.